The number of nitrogens with zero attached hydrogens (tertiary/aromatic N) is 1. The summed E-state index contributed by atoms with van der Waals surface area (Å²) in [6, 6.07) is 12.7. The maximum Gasteiger partial charge on any atom is 0.131 e. The summed E-state index contributed by atoms with van der Waals surface area (Å²) in [5.41, 5.74) is 2.45. The number of hydrogen-bond donors (Lipinski definition) is 0. The molecule has 94 valence electrons. The lowest BCUT2D eigenvalue weighted by atomic mass is 9.85. The molecule has 3 aromatic rings. The zero-order chi connectivity index (χ0) is 13.0. The summed E-state index contributed by atoms with van der Waals surface area (Å²) in [6.07, 6.45) is 1.85. The topological polar surface area (TPSA) is 22.1 Å². The van der Waals surface area contributed by atoms with Gasteiger partial charge in [-0.1, -0.05) is 38.1 Å². The Hall–Kier alpha value is -2.09. The van der Waals surface area contributed by atoms with Crippen LogP contribution in [0.4, 0.5) is 0 Å². The number of ether oxygens (including phenoxy) is 1. The summed E-state index contributed by atoms with van der Waals surface area (Å²) in [4.78, 5) is 4.52. The summed E-state index contributed by atoms with van der Waals surface area (Å²) in [6.45, 7) is 5.20. The van der Waals surface area contributed by atoms with Gasteiger partial charge < -0.3 is 4.74 Å². The van der Waals surface area contributed by atoms with E-state index < -0.39 is 0 Å². The van der Waals surface area contributed by atoms with E-state index in [9.17, 15) is 0 Å². The molecule has 0 spiro atoms. The molecule has 2 aromatic carbocycles. The van der Waals surface area contributed by atoms with Crippen LogP contribution in [0.1, 0.15) is 19.4 Å². The largest absolute Gasteiger partial charge is 0.492 e. The van der Waals surface area contributed by atoms with Crippen LogP contribution in [0.25, 0.3) is 21.7 Å². The van der Waals surface area contributed by atoms with Crippen LogP contribution in [0.5, 0.6) is 5.75 Å². The molecular formula is C17H15NO. The molecule has 2 heteroatoms. The third kappa shape index (κ3) is 1.40. The Morgan fingerprint density at radius 1 is 1.05 bits per heavy atom. The third-order valence-electron chi connectivity index (χ3n) is 4.03. The van der Waals surface area contributed by atoms with Gasteiger partial charge in [0.2, 0.25) is 0 Å². The summed E-state index contributed by atoms with van der Waals surface area (Å²) >= 11 is 0. The van der Waals surface area contributed by atoms with Crippen molar-refractivity contribution in [2.24, 2.45) is 0 Å². The minimum atomic E-state index is 0.0998. The molecule has 0 bridgehead atoms. The fourth-order valence-corrected chi connectivity index (χ4v) is 2.94. The van der Waals surface area contributed by atoms with E-state index in [0.717, 1.165) is 17.9 Å². The van der Waals surface area contributed by atoms with Crippen LogP contribution in [0.15, 0.2) is 42.6 Å². The lowest BCUT2D eigenvalue weighted by molar-refractivity contribution is 0.293. The van der Waals surface area contributed by atoms with Gasteiger partial charge in [-0.2, -0.15) is 0 Å². The van der Waals surface area contributed by atoms with E-state index in [1.54, 1.807) is 0 Å². The quantitative estimate of drug-likeness (QED) is 0.560. The molecule has 0 amide bonds. The Balaban J connectivity index is 2.15. The average molecular weight is 249 g/mol. The second kappa shape index (κ2) is 3.47. The highest BCUT2D eigenvalue weighted by atomic mass is 16.5. The predicted molar refractivity (Wildman–Crippen MR) is 77.8 cm³/mol. The second-order valence-corrected chi connectivity index (χ2v) is 5.85. The molecule has 0 atom stereocenters. The van der Waals surface area contributed by atoms with Crippen molar-refractivity contribution < 1.29 is 4.74 Å². The lowest BCUT2D eigenvalue weighted by Crippen LogP contribution is -2.18. The third-order valence-corrected chi connectivity index (χ3v) is 4.03. The first-order valence-corrected chi connectivity index (χ1v) is 6.60. The van der Waals surface area contributed by atoms with Crippen LogP contribution in [-0.2, 0) is 5.41 Å². The Kier molecular flexibility index (Phi) is 1.97. The monoisotopic (exact) mass is 249 g/mol. The molecule has 1 aromatic heterocycles. The maximum atomic E-state index is 5.95. The Morgan fingerprint density at radius 2 is 1.89 bits per heavy atom. The van der Waals surface area contributed by atoms with E-state index in [1.807, 2.05) is 12.3 Å². The van der Waals surface area contributed by atoms with Gasteiger partial charge >= 0.3 is 0 Å². The van der Waals surface area contributed by atoms with Crippen LogP contribution >= 0.6 is 0 Å². The van der Waals surface area contributed by atoms with Gasteiger partial charge in [0, 0.05) is 33.3 Å². The zero-order valence-corrected chi connectivity index (χ0v) is 11.1. The van der Waals surface area contributed by atoms with Crippen LogP contribution in [0.2, 0.25) is 0 Å². The lowest BCUT2D eigenvalue weighted by Gasteiger charge is -2.15. The summed E-state index contributed by atoms with van der Waals surface area (Å²) in [7, 11) is 0. The number of rotatable bonds is 0. The van der Waals surface area contributed by atoms with Gasteiger partial charge in [-0.3, -0.25) is 4.98 Å². The van der Waals surface area contributed by atoms with Crippen LogP contribution in [0.3, 0.4) is 0 Å². The van der Waals surface area contributed by atoms with Crippen molar-refractivity contribution in [1.29, 1.82) is 0 Å². The Labute approximate surface area is 112 Å². The molecule has 2 nitrogen and oxygen atoms in total. The van der Waals surface area contributed by atoms with Crippen molar-refractivity contribution in [3.8, 4) is 5.75 Å². The predicted octanol–water partition coefficient (Wildman–Crippen LogP) is 4.06. The van der Waals surface area contributed by atoms with Crippen molar-refractivity contribution in [1.82, 2.24) is 4.98 Å². The smallest absolute Gasteiger partial charge is 0.131 e. The molecule has 0 fully saturated rings. The first-order chi connectivity index (χ1) is 9.17. The molecule has 0 N–H and O–H groups in total. The molecule has 0 radical (unpaired) electrons. The van der Waals surface area contributed by atoms with Gasteiger partial charge in [0.25, 0.3) is 0 Å². The van der Waals surface area contributed by atoms with E-state index in [1.165, 1.54) is 21.7 Å². The van der Waals surface area contributed by atoms with Crippen LogP contribution in [0, 0.1) is 0 Å². The van der Waals surface area contributed by atoms with Crippen molar-refractivity contribution in [3.63, 3.8) is 0 Å². The Bertz CT molecular complexity index is 805. The van der Waals surface area contributed by atoms with Gasteiger partial charge in [-0.15, -0.1) is 0 Å². The molecule has 0 saturated carbocycles. The van der Waals surface area contributed by atoms with E-state index in [-0.39, 0.29) is 5.41 Å². The Morgan fingerprint density at radius 3 is 2.79 bits per heavy atom. The van der Waals surface area contributed by atoms with Crippen molar-refractivity contribution in [3.05, 3.63) is 48.2 Å². The van der Waals surface area contributed by atoms with Gasteiger partial charge in [0.15, 0.2) is 0 Å². The fraction of sp³-hybridized carbons (Fsp3) is 0.235. The van der Waals surface area contributed by atoms with Crippen molar-refractivity contribution in [2.45, 2.75) is 19.3 Å². The minimum Gasteiger partial charge on any atom is -0.492 e. The van der Waals surface area contributed by atoms with E-state index in [4.69, 9.17) is 4.74 Å². The standard InChI is InChI=1S/C17H15NO/c1-17(2)10-19-16-13-6-5-11-4-3-9-18-15(11)12(13)7-8-14(16)17/h3-9H,10H2,1-2H3. The first kappa shape index (κ1) is 10.8. The van der Waals surface area contributed by atoms with E-state index in [0.29, 0.717) is 0 Å². The van der Waals surface area contributed by atoms with Crippen LogP contribution < -0.4 is 4.74 Å². The van der Waals surface area contributed by atoms with Crippen molar-refractivity contribution >= 4 is 21.7 Å². The van der Waals surface area contributed by atoms with Crippen molar-refractivity contribution in [2.75, 3.05) is 6.61 Å². The molecule has 19 heavy (non-hydrogen) atoms. The highest BCUT2D eigenvalue weighted by Crippen LogP contribution is 2.43. The second-order valence-electron chi connectivity index (χ2n) is 5.85. The molecule has 0 saturated heterocycles. The molecule has 2 heterocycles. The number of hydrogen-bond acceptors (Lipinski definition) is 2. The number of benzene rings is 2. The first-order valence-electron chi connectivity index (χ1n) is 6.60. The molecule has 0 aliphatic carbocycles. The number of pyridine rings is 1. The maximum absolute atomic E-state index is 5.95. The molecule has 1 aliphatic heterocycles. The average Bonchev–Trinajstić information content (AvgIpc) is 2.74. The van der Waals surface area contributed by atoms with Gasteiger partial charge in [0.1, 0.15) is 5.75 Å². The number of aromatic nitrogens is 1. The SMILES string of the molecule is CC1(C)COc2c1ccc1c2ccc2cccnc21. The minimum absolute atomic E-state index is 0.0998. The fourth-order valence-electron chi connectivity index (χ4n) is 2.94. The van der Waals surface area contributed by atoms with Gasteiger partial charge in [-0.05, 0) is 12.1 Å². The molecule has 1 aliphatic rings. The molecular weight excluding hydrogens is 234 g/mol. The van der Waals surface area contributed by atoms with Crippen LogP contribution in [-0.4, -0.2) is 11.6 Å². The summed E-state index contributed by atoms with van der Waals surface area (Å²) < 4.78 is 5.95. The summed E-state index contributed by atoms with van der Waals surface area (Å²) in [5.74, 6) is 1.04. The van der Waals surface area contributed by atoms with E-state index in [2.05, 4.69) is 49.2 Å². The molecule has 4 rings (SSSR count). The highest BCUT2D eigenvalue weighted by molar-refractivity contribution is 6.07. The van der Waals surface area contributed by atoms with E-state index >= 15 is 0 Å². The highest BCUT2D eigenvalue weighted by Gasteiger charge is 2.32. The zero-order valence-electron chi connectivity index (χ0n) is 11.1. The van der Waals surface area contributed by atoms with Gasteiger partial charge in [0.05, 0.1) is 12.1 Å². The van der Waals surface area contributed by atoms with Gasteiger partial charge in [-0.25, -0.2) is 0 Å². The molecule has 0 unspecified atom stereocenters. The normalized spacial score (nSPS) is 16.5. The number of fused-ring (bicyclic) bond motifs is 5. The summed E-state index contributed by atoms with van der Waals surface area (Å²) in [5, 5.41) is 3.52.